The first kappa shape index (κ1) is 10.4. The minimum atomic E-state index is -0.659. The van der Waals surface area contributed by atoms with Crippen LogP contribution in [0.3, 0.4) is 0 Å². The fourth-order valence-electron chi connectivity index (χ4n) is 1.86. The molecular formula is C12H7F2O2S+. The molecule has 0 aliphatic carbocycles. The summed E-state index contributed by atoms with van der Waals surface area (Å²) in [5.74, 6) is -1.18. The van der Waals surface area contributed by atoms with Gasteiger partial charge in [0.2, 0.25) is 11.6 Å². The van der Waals surface area contributed by atoms with Gasteiger partial charge in [0, 0.05) is 10.8 Å². The highest BCUT2D eigenvalue weighted by Crippen LogP contribution is 2.35. The molecule has 1 aromatic heterocycles. The number of furan rings is 1. The highest BCUT2D eigenvalue weighted by Gasteiger charge is 2.17. The molecule has 3 aromatic rings. The van der Waals surface area contributed by atoms with E-state index in [1.54, 1.807) is 18.2 Å². The van der Waals surface area contributed by atoms with Gasteiger partial charge in [0.1, 0.15) is 0 Å². The molecule has 0 atom stereocenters. The SMILES string of the molecule is Fc1cccc2c1oc1c(F)c(O[SH2+])ccc12. The van der Waals surface area contributed by atoms with Gasteiger partial charge in [-0.25, -0.2) is 4.39 Å². The summed E-state index contributed by atoms with van der Waals surface area (Å²) in [6, 6.07) is 7.57. The molecule has 17 heavy (non-hydrogen) atoms. The zero-order valence-electron chi connectivity index (χ0n) is 8.46. The monoisotopic (exact) mass is 253 g/mol. The number of rotatable bonds is 1. The highest BCUT2D eigenvalue weighted by molar-refractivity contribution is 7.53. The van der Waals surface area contributed by atoms with Crippen molar-refractivity contribution in [2.75, 3.05) is 0 Å². The molecule has 0 radical (unpaired) electrons. The molecule has 1 heterocycles. The van der Waals surface area contributed by atoms with Gasteiger partial charge in [-0.1, -0.05) is 12.1 Å². The summed E-state index contributed by atoms with van der Waals surface area (Å²) in [6.07, 6.45) is 0. The summed E-state index contributed by atoms with van der Waals surface area (Å²) in [6.45, 7) is 0. The van der Waals surface area contributed by atoms with Gasteiger partial charge in [0.05, 0.1) is 0 Å². The van der Waals surface area contributed by atoms with Crippen molar-refractivity contribution in [2.24, 2.45) is 0 Å². The second-order valence-electron chi connectivity index (χ2n) is 3.58. The Morgan fingerprint density at radius 1 is 1.00 bits per heavy atom. The Hall–Kier alpha value is -1.75. The van der Waals surface area contributed by atoms with E-state index in [1.807, 2.05) is 0 Å². The van der Waals surface area contributed by atoms with Crippen molar-refractivity contribution in [2.45, 2.75) is 0 Å². The van der Waals surface area contributed by atoms with E-state index in [9.17, 15) is 8.78 Å². The Morgan fingerprint density at radius 3 is 2.53 bits per heavy atom. The average molecular weight is 253 g/mol. The molecule has 0 aliphatic rings. The quantitative estimate of drug-likeness (QED) is 0.621. The van der Waals surface area contributed by atoms with Gasteiger partial charge in [-0.2, -0.15) is 4.39 Å². The first-order valence-corrected chi connectivity index (χ1v) is 5.26. The summed E-state index contributed by atoms with van der Waals surface area (Å²) in [5, 5.41) is 1.06. The van der Waals surface area contributed by atoms with Crippen molar-refractivity contribution in [3.8, 4) is 5.75 Å². The summed E-state index contributed by atoms with van der Waals surface area (Å²) in [7, 11) is 0. The Balaban J connectivity index is 2.51. The topological polar surface area (TPSA) is 22.4 Å². The third-order valence-corrected chi connectivity index (χ3v) is 2.85. The standard InChI is InChI=1S/C12H6F2O2S/c13-8-3-1-2-6-7-4-5-9(16-17)10(14)12(7)15-11(6)8/h1-5,17H/p+1. The predicted octanol–water partition coefficient (Wildman–Crippen LogP) is 3.17. The van der Waals surface area contributed by atoms with E-state index in [0.29, 0.717) is 10.8 Å². The molecule has 0 fully saturated rings. The maximum Gasteiger partial charge on any atom is 0.226 e. The van der Waals surface area contributed by atoms with Gasteiger partial charge in [-0.05, 0) is 18.2 Å². The summed E-state index contributed by atoms with van der Waals surface area (Å²) in [5.41, 5.74) is 0.0355. The minimum absolute atomic E-state index is 0.00590. The molecular weight excluding hydrogens is 246 g/mol. The Labute approximate surface area is 100 Å². The molecule has 0 amide bonds. The van der Waals surface area contributed by atoms with Crippen LogP contribution in [0.5, 0.6) is 5.75 Å². The van der Waals surface area contributed by atoms with Gasteiger partial charge in [0.25, 0.3) is 0 Å². The number of hydrogen-bond donors (Lipinski definition) is 0. The van der Waals surface area contributed by atoms with Gasteiger partial charge in [-0.15, -0.1) is 0 Å². The number of benzene rings is 2. The van der Waals surface area contributed by atoms with E-state index in [2.05, 4.69) is 17.1 Å². The number of fused-ring (bicyclic) bond motifs is 3. The van der Waals surface area contributed by atoms with Crippen molar-refractivity contribution in [3.63, 3.8) is 0 Å². The summed E-state index contributed by atoms with van der Waals surface area (Å²) >= 11 is 2.75. The molecule has 5 heteroatoms. The Morgan fingerprint density at radius 2 is 1.76 bits per heavy atom. The lowest BCUT2D eigenvalue weighted by Crippen LogP contribution is -1.85. The normalized spacial score (nSPS) is 11.2. The lowest BCUT2D eigenvalue weighted by atomic mass is 10.1. The van der Waals surface area contributed by atoms with Crippen LogP contribution in [0.25, 0.3) is 21.9 Å². The zero-order valence-corrected chi connectivity index (χ0v) is 9.46. The van der Waals surface area contributed by atoms with Crippen LogP contribution in [0.15, 0.2) is 34.7 Å². The molecule has 2 aromatic carbocycles. The van der Waals surface area contributed by atoms with Gasteiger partial charge in [-0.3, -0.25) is 4.18 Å². The maximum absolute atomic E-state index is 13.9. The van der Waals surface area contributed by atoms with E-state index >= 15 is 0 Å². The van der Waals surface area contributed by atoms with E-state index < -0.39 is 11.6 Å². The molecule has 0 aliphatic heterocycles. The Bertz CT molecular complexity index is 721. The van der Waals surface area contributed by atoms with E-state index in [-0.39, 0.29) is 16.9 Å². The largest absolute Gasteiger partial charge is 0.450 e. The molecule has 86 valence electrons. The maximum atomic E-state index is 13.9. The van der Waals surface area contributed by atoms with E-state index in [4.69, 9.17) is 4.42 Å². The molecule has 0 spiro atoms. The van der Waals surface area contributed by atoms with Crippen molar-refractivity contribution < 1.29 is 17.4 Å². The summed E-state index contributed by atoms with van der Waals surface area (Å²) in [4.78, 5) is 0. The fraction of sp³-hybridized carbons (Fsp3) is 0. The van der Waals surface area contributed by atoms with Crippen LogP contribution in [0, 0.1) is 11.6 Å². The third-order valence-electron chi connectivity index (χ3n) is 2.63. The van der Waals surface area contributed by atoms with Crippen LogP contribution >= 0.6 is 0 Å². The minimum Gasteiger partial charge on any atom is -0.450 e. The highest BCUT2D eigenvalue weighted by atomic mass is 32.1. The molecule has 0 unspecified atom stereocenters. The molecule has 0 saturated carbocycles. The number of halogens is 2. The van der Waals surface area contributed by atoms with Crippen molar-refractivity contribution in [3.05, 3.63) is 42.0 Å². The zero-order chi connectivity index (χ0) is 12.0. The van der Waals surface area contributed by atoms with E-state index in [0.717, 1.165) is 0 Å². The molecule has 0 N–H and O–H groups in total. The van der Waals surface area contributed by atoms with Crippen LogP contribution in [0.2, 0.25) is 0 Å². The van der Waals surface area contributed by atoms with Gasteiger partial charge in [0.15, 0.2) is 29.9 Å². The molecule has 0 saturated heterocycles. The van der Waals surface area contributed by atoms with Crippen LogP contribution in [0.4, 0.5) is 8.78 Å². The van der Waals surface area contributed by atoms with E-state index in [1.165, 1.54) is 12.1 Å². The summed E-state index contributed by atoms with van der Waals surface area (Å²) < 4.78 is 37.2. The number of hydrogen-bond acceptors (Lipinski definition) is 2. The molecule has 2 nitrogen and oxygen atoms in total. The predicted molar refractivity (Wildman–Crippen MR) is 64.4 cm³/mol. The first-order chi connectivity index (χ1) is 8.22. The van der Waals surface area contributed by atoms with Crippen LogP contribution < -0.4 is 4.18 Å². The van der Waals surface area contributed by atoms with Crippen LogP contribution in [-0.2, 0) is 12.9 Å². The van der Waals surface area contributed by atoms with Crippen molar-refractivity contribution >= 4 is 34.8 Å². The Kier molecular flexibility index (Phi) is 2.22. The smallest absolute Gasteiger partial charge is 0.226 e. The number of para-hydroxylation sites is 1. The first-order valence-electron chi connectivity index (χ1n) is 4.85. The molecule has 3 rings (SSSR count). The van der Waals surface area contributed by atoms with Crippen LogP contribution in [0.1, 0.15) is 0 Å². The molecule has 0 bridgehead atoms. The third kappa shape index (κ3) is 1.39. The van der Waals surface area contributed by atoms with Crippen molar-refractivity contribution in [1.82, 2.24) is 0 Å². The average Bonchev–Trinajstić information content (AvgIpc) is 2.71. The second-order valence-corrected chi connectivity index (χ2v) is 3.78. The fourth-order valence-corrected chi connectivity index (χ4v) is 2.01. The second kappa shape index (κ2) is 3.63. The van der Waals surface area contributed by atoms with Crippen molar-refractivity contribution in [1.29, 1.82) is 0 Å². The van der Waals surface area contributed by atoms with Crippen LogP contribution in [-0.4, -0.2) is 0 Å². The van der Waals surface area contributed by atoms with Gasteiger partial charge >= 0.3 is 0 Å². The van der Waals surface area contributed by atoms with Gasteiger partial charge < -0.3 is 4.42 Å². The lowest BCUT2D eigenvalue weighted by Gasteiger charge is -1.95. The lowest BCUT2D eigenvalue weighted by molar-refractivity contribution is 0.523.